The molecular formula is C18H21ClN2O4. The molecule has 0 saturated heterocycles. The van der Waals surface area contributed by atoms with Crippen LogP contribution < -0.4 is 10.6 Å². The van der Waals surface area contributed by atoms with Gasteiger partial charge in [0.1, 0.15) is 0 Å². The van der Waals surface area contributed by atoms with Crippen LogP contribution in [0.1, 0.15) is 36.5 Å². The summed E-state index contributed by atoms with van der Waals surface area (Å²) in [5, 5.41) is 14.9. The molecular weight excluding hydrogens is 344 g/mol. The van der Waals surface area contributed by atoms with Gasteiger partial charge in [0.2, 0.25) is 5.91 Å². The second-order valence-corrected chi connectivity index (χ2v) is 6.34. The van der Waals surface area contributed by atoms with Gasteiger partial charge in [0.05, 0.1) is 22.4 Å². The van der Waals surface area contributed by atoms with Crippen LogP contribution in [0.3, 0.4) is 0 Å². The van der Waals surface area contributed by atoms with Crippen LogP contribution in [0.5, 0.6) is 0 Å². The van der Waals surface area contributed by atoms with E-state index in [1.54, 1.807) is 18.2 Å². The summed E-state index contributed by atoms with van der Waals surface area (Å²) in [4.78, 5) is 35.7. The van der Waals surface area contributed by atoms with Gasteiger partial charge in [-0.05, 0) is 37.5 Å². The Bertz CT molecular complexity index is 702. The van der Waals surface area contributed by atoms with Crippen molar-refractivity contribution in [2.24, 2.45) is 11.8 Å². The van der Waals surface area contributed by atoms with Gasteiger partial charge in [0.15, 0.2) is 0 Å². The minimum Gasteiger partial charge on any atom is -0.481 e. The highest BCUT2D eigenvalue weighted by Crippen LogP contribution is 2.28. The van der Waals surface area contributed by atoms with Gasteiger partial charge >= 0.3 is 5.97 Å². The number of amides is 2. The lowest BCUT2D eigenvalue weighted by Gasteiger charge is -2.24. The van der Waals surface area contributed by atoms with Crippen molar-refractivity contribution in [1.29, 1.82) is 0 Å². The van der Waals surface area contributed by atoms with Crippen LogP contribution in [-0.2, 0) is 9.59 Å². The third kappa shape index (κ3) is 4.82. The second kappa shape index (κ2) is 8.67. The number of hydrogen-bond donors (Lipinski definition) is 3. The van der Waals surface area contributed by atoms with Crippen molar-refractivity contribution in [3.8, 4) is 0 Å². The molecule has 0 saturated carbocycles. The fraction of sp³-hybridized carbons (Fsp3) is 0.389. The molecule has 0 radical (unpaired) electrons. The third-order valence-electron chi connectivity index (χ3n) is 4.10. The van der Waals surface area contributed by atoms with Crippen LogP contribution in [0.15, 0.2) is 30.4 Å². The van der Waals surface area contributed by atoms with Crippen LogP contribution in [0, 0.1) is 11.8 Å². The number of aliphatic carboxylic acids is 1. The summed E-state index contributed by atoms with van der Waals surface area (Å²) in [6.07, 6.45) is 5.14. The molecule has 0 fully saturated rings. The number of nitrogens with one attached hydrogen (secondary N) is 2. The minimum absolute atomic E-state index is 0.227. The van der Waals surface area contributed by atoms with E-state index in [2.05, 4.69) is 10.6 Å². The zero-order valence-electron chi connectivity index (χ0n) is 13.9. The van der Waals surface area contributed by atoms with E-state index in [4.69, 9.17) is 11.6 Å². The lowest BCUT2D eigenvalue weighted by Crippen LogP contribution is -2.34. The Morgan fingerprint density at radius 2 is 1.88 bits per heavy atom. The van der Waals surface area contributed by atoms with Gasteiger partial charge in [0, 0.05) is 12.2 Å². The SMILES string of the molecule is CCCNC(=O)c1ccc(NC(=O)C2CC=CCC2C(=O)O)cc1Cl. The van der Waals surface area contributed by atoms with Crippen LogP contribution in [-0.4, -0.2) is 29.4 Å². The summed E-state index contributed by atoms with van der Waals surface area (Å²) < 4.78 is 0. The molecule has 0 aromatic heterocycles. The van der Waals surface area contributed by atoms with E-state index in [0.717, 1.165) is 6.42 Å². The van der Waals surface area contributed by atoms with Crippen molar-refractivity contribution in [3.05, 3.63) is 40.9 Å². The van der Waals surface area contributed by atoms with E-state index in [9.17, 15) is 19.5 Å². The maximum Gasteiger partial charge on any atom is 0.307 e. The smallest absolute Gasteiger partial charge is 0.307 e. The van der Waals surface area contributed by atoms with Crippen LogP contribution >= 0.6 is 11.6 Å². The maximum absolute atomic E-state index is 12.4. The maximum atomic E-state index is 12.4. The van der Waals surface area contributed by atoms with Gasteiger partial charge in [-0.2, -0.15) is 0 Å². The number of halogens is 1. The van der Waals surface area contributed by atoms with Gasteiger partial charge in [-0.3, -0.25) is 14.4 Å². The summed E-state index contributed by atoms with van der Waals surface area (Å²) >= 11 is 6.13. The first-order valence-electron chi connectivity index (χ1n) is 8.20. The number of carboxylic acids is 1. The van der Waals surface area contributed by atoms with E-state index in [0.29, 0.717) is 30.6 Å². The monoisotopic (exact) mass is 364 g/mol. The summed E-state index contributed by atoms with van der Waals surface area (Å²) in [5.74, 6) is -2.98. The molecule has 0 aliphatic heterocycles. The Labute approximate surface area is 151 Å². The van der Waals surface area contributed by atoms with Gasteiger partial charge in [0.25, 0.3) is 5.91 Å². The summed E-state index contributed by atoms with van der Waals surface area (Å²) in [5.41, 5.74) is 0.762. The number of benzene rings is 1. The molecule has 3 N–H and O–H groups in total. The molecule has 1 aliphatic carbocycles. The second-order valence-electron chi connectivity index (χ2n) is 5.93. The minimum atomic E-state index is -0.981. The molecule has 1 aromatic carbocycles. The molecule has 2 rings (SSSR count). The van der Waals surface area contributed by atoms with E-state index < -0.39 is 17.8 Å². The molecule has 2 atom stereocenters. The van der Waals surface area contributed by atoms with Gasteiger partial charge in [-0.15, -0.1) is 0 Å². The molecule has 0 spiro atoms. The quantitative estimate of drug-likeness (QED) is 0.676. The molecule has 0 heterocycles. The summed E-state index contributed by atoms with van der Waals surface area (Å²) in [7, 11) is 0. The Morgan fingerprint density at radius 1 is 1.20 bits per heavy atom. The number of allylic oxidation sites excluding steroid dienone is 2. The molecule has 2 unspecified atom stereocenters. The molecule has 25 heavy (non-hydrogen) atoms. The number of carbonyl (C=O) groups is 3. The average Bonchev–Trinajstić information content (AvgIpc) is 2.59. The Morgan fingerprint density at radius 3 is 2.48 bits per heavy atom. The summed E-state index contributed by atoms with van der Waals surface area (Å²) in [6, 6.07) is 4.62. The largest absolute Gasteiger partial charge is 0.481 e. The lowest BCUT2D eigenvalue weighted by atomic mass is 9.82. The Hall–Kier alpha value is -2.34. The zero-order chi connectivity index (χ0) is 18.4. The highest BCUT2D eigenvalue weighted by atomic mass is 35.5. The topological polar surface area (TPSA) is 95.5 Å². The van der Waals surface area contributed by atoms with Crippen LogP contribution in [0.2, 0.25) is 5.02 Å². The number of carboxylic acid groups (broad SMARTS) is 1. The normalized spacial score (nSPS) is 19.3. The molecule has 7 heteroatoms. The third-order valence-corrected chi connectivity index (χ3v) is 4.42. The van der Waals surface area contributed by atoms with Crippen molar-refractivity contribution >= 4 is 35.1 Å². The lowest BCUT2D eigenvalue weighted by molar-refractivity contribution is -0.146. The average molecular weight is 365 g/mol. The van der Waals surface area contributed by atoms with Gasteiger partial charge < -0.3 is 15.7 Å². The Balaban J connectivity index is 2.08. The first kappa shape index (κ1) is 19.0. The number of carbonyl (C=O) groups excluding carboxylic acids is 2. The van der Waals surface area contributed by atoms with Crippen molar-refractivity contribution < 1.29 is 19.5 Å². The highest BCUT2D eigenvalue weighted by molar-refractivity contribution is 6.34. The molecule has 6 nitrogen and oxygen atoms in total. The van der Waals surface area contributed by atoms with E-state index in [1.165, 1.54) is 6.07 Å². The zero-order valence-corrected chi connectivity index (χ0v) is 14.7. The number of hydrogen-bond acceptors (Lipinski definition) is 3. The van der Waals surface area contributed by atoms with Gasteiger partial charge in [-0.1, -0.05) is 30.7 Å². The molecule has 0 bridgehead atoms. The predicted molar refractivity (Wildman–Crippen MR) is 95.7 cm³/mol. The van der Waals surface area contributed by atoms with Crippen LogP contribution in [0.25, 0.3) is 0 Å². The molecule has 1 aliphatic rings. The predicted octanol–water partition coefficient (Wildman–Crippen LogP) is 3.09. The van der Waals surface area contributed by atoms with Gasteiger partial charge in [-0.25, -0.2) is 0 Å². The Kier molecular flexibility index (Phi) is 6.58. The van der Waals surface area contributed by atoms with Crippen molar-refractivity contribution in [2.45, 2.75) is 26.2 Å². The number of anilines is 1. The van der Waals surface area contributed by atoms with E-state index in [-0.39, 0.29) is 16.8 Å². The van der Waals surface area contributed by atoms with E-state index >= 15 is 0 Å². The van der Waals surface area contributed by atoms with Crippen molar-refractivity contribution in [3.63, 3.8) is 0 Å². The van der Waals surface area contributed by atoms with Crippen LogP contribution in [0.4, 0.5) is 5.69 Å². The van der Waals surface area contributed by atoms with Crippen molar-refractivity contribution in [1.82, 2.24) is 5.32 Å². The molecule has 134 valence electrons. The molecule has 1 aromatic rings. The standard InChI is InChI=1S/C18H21ClN2O4/c1-2-9-20-16(22)14-8-7-11(10-15(14)19)21-17(23)12-5-3-4-6-13(12)18(24)25/h3-4,7-8,10,12-13H,2,5-6,9H2,1H3,(H,20,22)(H,21,23)(H,24,25). The fourth-order valence-electron chi connectivity index (χ4n) is 2.72. The summed E-state index contributed by atoms with van der Waals surface area (Å²) in [6.45, 7) is 2.50. The molecule has 2 amide bonds. The van der Waals surface area contributed by atoms with Crippen molar-refractivity contribution in [2.75, 3.05) is 11.9 Å². The highest BCUT2D eigenvalue weighted by Gasteiger charge is 2.34. The first-order valence-corrected chi connectivity index (χ1v) is 8.58. The van der Waals surface area contributed by atoms with E-state index in [1.807, 2.05) is 13.0 Å². The number of rotatable bonds is 6. The fourth-order valence-corrected chi connectivity index (χ4v) is 2.99. The first-order chi connectivity index (χ1) is 11.9.